The number of esters is 1. The van der Waals surface area contributed by atoms with Crippen molar-refractivity contribution in [2.24, 2.45) is 0 Å². The first-order valence-corrected chi connectivity index (χ1v) is 11.6. The van der Waals surface area contributed by atoms with Crippen molar-refractivity contribution in [3.63, 3.8) is 0 Å². The van der Waals surface area contributed by atoms with Gasteiger partial charge in [-0.2, -0.15) is 4.31 Å². The summed E-state index contributed by atoms with van der Waals surface area (Å²) in [5, 5.41) is 12.0. The van der Waals surface area contributed by atoms with Crippen LogP contribution in [0.3, 0.4) is 0 Å². The lowest BCUT2D eigenvalue weighted by Crippen LogP contribution is -2.32. The van der Waals surface area contributed by atoms with E-state index in [1.54, 1.807) is 0 Å². The summed E-state index contributed by atoms with van der Waals surface area (Å²) < 4.78 is 32.3. The zero-order chi connectivity index (χ0) is 22.4. The molecule has 2 aromatic carbocycles. The second-order valence-corrected chi connectivity index (χ2v) is 9.48. The van der Waals surface area contributed by atoms with Crippen molar-refractivity contribution in [3.8, 4) is 5.75 Å². The van der Waals surface area contributed by atoms with Gasteiger partial charge in [0.1, 0.15) is 5.75 Å². The van der Waals surface area contributed by atoms with E-state index in [1.807, 2.05) is 0 Å². The van der Waals surface area contributed by atoms with Crippen LogP contribution in [0.25, 0.3) is 0 Å². The fourth-order valence-electron chi connectivity index (χ4n) is 3.23. The Hall–Kier alpha value is -2.62. The van der Waals surface area contributed by atoms with E-state index in [9.17, 15) is 23.1 Å². The monoisotopic (exact) mass is 466 g/mol. The van der Waals surface area contributed by atoms with Crippen LogP contribution in [0, 0.1) is 0 Å². The van der Waals surface area contributed by atoms with Crippen LogP contribution in [-0.4, -0.2) is 49.4 Å². The van der Waals surface area contributed by atoms with Gasteiger partial charge in [0.2, 0.25) is 10.0 Å². The summed E-state index contributed by atoms with van der Waals surface area (Å²) >= 11 is 6.12. The SMILES string of the molecule is O=C(COC(=O)c1cccc(O)c1)Nc1cc(S(=O)(=O)N2CCCCCC2)ccc1Cl. The molecule has 0 unspecified atom stereocenters. The molecule has 2 N–H and O–H groups in total. The van der Waals surface area contributed by atoms with Crippen molar-refractivity contribution < 1.29 is 27.9 Å². The van der Waals surface area contributed by atoms with Gasteiger partial charge in [-0.05, 0) is 49.2 Å². The van der Waals surface area contributed by atoms with Crippen molar-refractivity contribution in [1.29, 1.82) is 0 Å². The predicted octanol–water partition coefficient (Wildman–Crippen LogP) is 3.41. The number of nitrogens with one attached hydrogen (secondary N) is 1. The van der Waals surface area contributed by atoms with Gasteiger partial charge in [-0.1, -0.05) is 30.5 Å². The zero-order valence-corrected chi connectivity index (χ0v) is 18.3. The van der Waals surface area contributed by atoms with Gasteiger partial charge in [-0.25, -0.2) is 13.2 Å². The molecule has 31 heavy (non-hydrogen) atoms. The number of carbonyl (C=O) groups is 2. The Bertz CT molecular complexity index is 1070. The molecule has 0 atom stereocenters. The van der Waals surface area contributed by atoms with Crippen LogP contribution in [0.15, 0.2) is 47.4 Å². The molecule has 1 saturated heterocycles. The molecule has 166 valence electrons. The average molecular weight is 467 g/mol. The first-order chi connectivity index (χ1) is 14.8. The van der Waals surface area contributed by atoms with Gasteiger partial charge >= 0.3 is 5.97 Å². The largest absolute Gasteiger partial charge is 0.508 e. The molecule has 3 rings (SSSR count). The molecule has 1 aliphatic heterocycles. The van der Waals surface area contributed by atoms with Crippen LogP contribution in [0.4, 0.5) is 5.69 Å². The summed E-state index contributed by atoms with van der Waals surface area (Å²) in [7, 11) is -3.71. The summed E-state index contributed by atoms with van der Waals surface area (Å²) in [5.74, 6) is -1.57. The third kappa shape index (κ3) is 5.96. The van der Waals surface area contributed by atoms with Gasteiger partial charge in [0.05, 0.1) is 21.2 Å². The molecule has 1 heterocycles. The number of amides is 1. The van der Waals surface area contributed by atoms with Crippen molar-refractivity contribution in [2.45, 2.75) is 30.6 Å². The van der Waals surface area contributed by atoms with Gasteiger partial charge in [-0.3, -0.25) is 4.79 Å². The van der Waals surface area contributed by atoms with Crippen LogP contribution >= 0.6 is 11.6 Å². The van der Waals surface area contributed by atoms with E-state index in [0.717, 1.165) is 25.7 Å². The van der Waals surface area contributed by atoms with Gasteiger partial charge in [0.15, 0.2) is 6.61 Å². The molecule has 1 fully saturated rings. The lowest BCUT2D eigenvalue weighted by Gasteiger charge is -2.20. The molecule has 0 radical (unpaired) electrons. The van der Waals surface area contributed by atoms with Crippen molar-refractivity contribution in [3.05, 3.63) is 53.1 Å². The first-order valence-electron chi connectivity index (χ1n) is 9.83. The number of anilines is 1. The standard InChI is InChI=1S/C21H23ClN2O6S/c22-18-9-8-17(31(28,29)24-10-3-1-2-4-11-24)13-19(18)23-20(26)14-30-21(27)15-6-5-7-16(25)12-15/h5-9,12-13,25H,1-4,10-11,14H2,(H,23,26). The summed E-state index contributed by atoms with van der Waals surface area (Å²) in [6.07, 6.45) is 3.60. The molecule has 0 spiro atoms. The van der Waals surface area contributed by atoms with Crippen molar-refractivity contribution in [2.75, 3.05) is 25.0 Å². The molecule has 2 aromatic rings. The van der Waals surface area contributed by atoms with Crippen molar-refractivity contribution >= 4 is 39.2 Å². The predicted molar refractivity (Wildman–Crippen MR) is 116 cm³/mol. The molecule has 1 amide bonds. The number of halogens is 1. The van der Waals surface area contributed by atoms with E-state index in [-0.39, 0.29) is 26.9 Å². The number of ether oxygens (including phenoxy) is 1. The zero-order valence-electron chi connectivity index (χ0n) is 16.7. The highest BCUT2D eigenvalue weighted by Gasteiger charge is 2.26. The van der Waals surface area contributed by atoms with E-state index in [2.05, 4.69) is 5.32 Å². The second kappa shape index (κ2) is 10.1. The number of sulfonamides is 1. The fourth-order valence-corrected chi connectivity index (χ4v) is 4.93. The van der Waals surface area contributed by atoms with E-state index in [0.29, 0.717) is 13.1 Å². The molecular weight excluding hydrogens is 444 g/mol. The van der Waals surface area contributed by atoms with Gasteiger partial charge in [0, 0.05) is 13.1 Å². The topological polar surface area (TPSA) is 113 Å². The molecule has 0 bridgehead atoms. The Morgan fingerprint density at radius 3 is 2.45 bits per heavy atom. The maximum Gasteiger partial charge on any atom is 0.338 e. The maximum atomic E-state index is 13.0. The maximum absolute atomic E-state index is 13.0. The van der Waals surface area contributed by atoms with Crippen molar-refractivity contribution in [1.82, 2.24) is 4.31 Å². The minimum absolute atomic E-state index is 0.0332. The highest BCUT2D eigenvalue weighted by Crippen LogP contribution is 2.28. The number of benzene rings is 2. The molecule has 1 aliphatic rings. The molecule has 8 nitrogen and oxygen atoms in total. The minimum Gasteiger partial charge on any atom is -0.508 e. The Kier molecular flexibility index (Phi) is 7.53. The van der Waals surface area contributed by atoms with Crippen LogP contribution in [0.2, 0.25) is 5.02 Å². The summed E-state index contributed by atoms with van der Waals surface area (Å²) in [4.78, 5) is 24.2. The third-order valence-electron chi connectivity index (χ3n) is 4.83. The van der Waals surface area contributed by atoms with E-state index in [4.69, 9.17) is 16.3 Å². The summed E-state index contributed by atoms with van der Waals surface area (Å²) in [6.45, 7) is 0.309. The first kappa shape index (κ1) is 23.1. The smallest absolute Gasteiger partial charge is 0.338 e. The quantitative estimate of drug-likeness (QED) is 0.631. The van der Waals surface area contributed by atoms with Crippen LogP contribution < -0.4 is 5.32 Å². The number of aromatic hydroxyl groups is 1. The third-order valence-corrected chi connectivity index (χ3v) is 7.06. The molecular formula is C21H23ClN2O6S. The van der Waals surface area contributed by atoms with Crippen LogP contribution in [0.1, 0.15) is 36.0 Å². The van der Waals surface area contributed by atoms with Gasteiger partial charge in [0.25, 0.3) is 5.91 Å². The van der Waals surface area contributed by atoms with E-state index < -0.39 is 28.5 Å². The molecule has 10 heteroatoms. The van der Waals surface area contributed by atoms with E-state index in [1.165, 1.54) is 46.8 Å². The Balaban J connectivity index is 1.67. The van der Waals surface area contributed by atoms with Crippen LogP contribution in [0.5, 0.6) is 5.75 Å². The van der Waals surface area contributed by atoms with Gasteiger partial charge in [-0.15, -0.1) is 0 Å². The fraction of sp³-hybridized carbons (Fsp3) is 0.333. The minimum atomic E-state index is -3.71. The summed E-state index contributed by atoms with van der Waals surface area (Å²) in [6, 6.07) is 9.64. The number of hydrogen-bond acceptors (Lipinski definition) is 6. The number of rotatable bonds is 6. The normalized spacial score (nSPS) is 15.1. The highest BCUT2D eigenvalue weighted by atomic mass is 35.5. The lowest BCUT2D eigenvalue weighted by molar-refractivity contribution is -0.119. The van der Waals surface area contributed by atoms with Crippen LogP contribution in [-0.2, 0) is 19.6 Å². The summed E-state index contributed by atoms with van der Waals surface area (Å²) in [5.41, 5.74) is 0.201. The lowest BCUT2D eigenvalue weighted by atomic mass is 10.2. The Morgan fingerprint density at radius 1 is 1.06 bits per heavy atom. The Labute approximate surface area is 185 Å². The number of phenols is 1. The van der Waals surface area contributed by atoms with E-state index >= 15 is 0 Å². The highest BCUT2D eigenvalue weighted by molar-refractivity contribution is 7.89. The molecule has 0 aliphatic carbocycles. The molecule has 0 aromatic heterocycles. The van der Waals surface area contributed by atoms with Gasteiger partial charge < -0.3 is 15.2 Å². The number of hydrogen-bond donors (Lipinski definition) is 2. The second-order valence-electron chi connectivity index (χ2n) is 7.13. The number of nitrogens with zero attached hydrogens (tertiary/aromatic N) is 1. The Morgan fingerprint density at radius 2 is 1.77 bits per heavy atom. The number of carbonyl (C=O) groups excluding carboxylic acids is 2. The number of phenolic OH excluding ortho intramolecular Hbond substituents is 1. The molecule has 0 saturated carbocycles. The average Bonchev–Trinajstić information content (AvgIpc) is 3.03.